The molecule has 4 atom stereocenters. The summed E-state index contributed by atoms with van der Waals surface area (Å²) in [4.78, 5) is 42.4. The van der Waals surface area contributed by atoms with Crippen molar-refractivity contribution in [1.29, 1.82) is 0 Å². The lowest BCUT2D eigenvalue weighted by atomic mass is 9.83. The summed E-state index contributed by atoms with van der Waals surface area (Å²) in [6.45, 7) is 0. The zero-order valence-electron chi connectivity index (χ0n) is 17.6. The lowest BCUT2D eigenvalue weighted by Gasteiger charge is -2.33. The average Bonchev–Trinajstić information content (AvgIpc) is 3.31. The van der Waals surface area contributed by atoms with Gasteiger partial charge in [-0.25, -0.2) is 9.29 Å². The van der Waals surface area contributed by atoms with Crippen molar-refractivity contribution in [3.63, 3.8) is 0 Å². The normalized spacial score (nSPS) is 24.8. The second kappa shape index (κ2) is 7.70. The molecule has 4 unspecified atom stereocenters. The van der Waals surface area contributed by atoms with Crippen LogP contribution in [0.5, 0.6) is 0 Å². The summed E-state index contributed by atoms with van der Waals surface area (Å²) in [5, 5.41) is 6.12. The molecule has 0 bridgehead atoms. The summed E-state index contributed by atoms with van der Waals surface area (Å²) in [5.41, 5.74) is 2.41. The quantitative estimate of drug-likeness (QED) is 0.382. The summed E-state index contributed by atoms with van der Waals surface area (Å²) in [7, 11) is 0. The van der Waals surface area contributed by atoms with E-state index in [2.05, 4.69) is 21.0 Å². The smallest absolute Gasteiger partial charge is 0.240 e. The SMILES string of the molecule is O=C(c1ccc(F)cc1)C1C2C(=O)N(c3cccc(Br)c3)C(=O)C2C2c3ccccc3C=NN12. The van der Waals surface area contributed by atoms with Gasteiger partial charge in [0, 0.05) is 10.0 Å². The molecule has 6 rings (SSSR count). The van der Waals surface area contributed by atoms with E-state index in [9.17, 15) is 18.8 Å². The molecule has 6 nitrogen and oxygen atoms in total. The Balaban J connectivity index is 1.50. The summed E-state index contributed by atoms with van der Waals surface area (Å²) in [6, 6.07) is 18.2. The number of carbonyl (C=O) groups excluding carboxylic acids is 3. The number of carbonyl (C=O) groups is 3. The first kappa shape index (κ1) is 20.9. The molecule has 3 aromatic carbocycles. The van der Waals surface area contributed by atoms with Crippen LogP contribution in [0.2, 0.25) is 0 Å². The first-order chi connectivity index (χ1) is 16.5. The van der Waals surface area contributed by atoms with Crippen LogP contribution in [0.15, 0.2) is 82.4 Å². The zero-order valence-corrected chi connectivity index (χ0v) is 19.2. The van der Waals surface area contributed by atoms with E-state index >= 15 is 0 Å². The van der Waals surface area contributed by atoms with E-state index in [1.54, 1.807) is 29.4 Å². The highest BCUT2D eigenvalue weighted by molar-refractivity contribution is 9.10. The molecule has 8 heteroatoms. The molecule has 3 aromatic rings. The number of ketones is 1. The first-order valence-electron chi connectivity index (χ1n) is 10.8. The number of fused-ring (bicyclic) bond motifs is 5. The third-order valence-corrected chi connectivity index (χ3v) is 7.25. The molecule has 0 aromatic heterocycles. The number of hydrazone groups is 1. The van der Waals surface area contributed by atoms with Crippen LogP contribution < -0.4 is 4.90 Å². The molecule has 0 spiro atoms. The molecule has 3 heterocycles. The van der Waals surface area contributed by atoms with Crippen molar-refractivity contribution >= 4 is 45.4 Å². The number of hydrogen-bond acceptors (Lipinski definition) is 5. The van der Waals surface area contributed by atoms with Crippen LogP contribution in [0, 0.1) is 17.7 Å². The zero-order chi connectivity index (χ0) is 23.6. The van der Waals surface area contributed by atoms with Crippen LogP contribution in [0.1, 0.15) is 27.5 Å². The molecule has 2 fully saturated rings. The van der Waals surface area contributed by atoms with Gasteiger partial charge in [-0.05, 0) is 53.6 Å². The Morgan fingerprint density at radius 2 is 1.65 bits per heavy atom. The number of benzene rings is 3. The van der Waals surface area contributed by atoms with Gasteiger partial charge in [-0.2, -0.15) is 5.10 Å². The Kier molecular flexibility index (Phi) is 4.74. The van der Waals surface area contributed by atoms with Gasteiger partial charge in [-0.3, -0.25) is 19.4 Å². The Morgan fingerprint density at radius 1 is 0.912 bits per heavy atom. The number of anilines is 1. The highest BCUT2D eigenvalue weighted by atomic mass is 79.9. The standard InChI is InChI=1S/C26H17BrFN3O3/c27-16-5-3-6-18(12-16)30-25(33)20-21(26(30)34)23(24(32)14-8-10-17(28)11-9-14)31-22(20)19-7-2-1-4-15(19)13-29-31/h1-13,20-23H. The first-order valence-corrected chi connectivity index (χ1v) is 11.6. The fourth-order valence-corrected chi connectivity index (χ4v) is 5.71. The van der Waals surface area contributed by atoms with E-state index < -0.39 is 35.6 Å². The van der Waals surface area contributed by atoms with Gasteiger partial charge in [0.2, 0.25) is 11.8 Å². The number of rotatable bonds is 3. The number of amides is 2. The minimum absolute atomic E-state index is 0.265. The van der Waals surface area contributed by atoms with Gasteiger partial charge >= 0.3 is 0 Å². The molecule has 0 aliphatic carbocycles. The number of Topliss-reactive ketones (excluding diaryl/α,β-unsaturated/α-hetero) is 1. The lowest BCUT2D eigenvalue weighted by molar-refractivity contribution is -0.124. The molecule has 2 amide bonds. The van der Waals surface area contributed by atoms with Gasteiger partial charge in [-0.15, -0.1) is 0 Å². The maximum atomic E-state index is 13.8. The highest BCUT2D eigenvalue weighted by Gasteiger charge is 2.65. The largest absolute Gasteiger partial charge is 0.292 e. The molecule has 2 saturated heterocycles. The number of hydrogen-bond donors (Lipinski definition) is 0. The van der Waals surface area contributed by atoms with Crippen molar-refractivity contribution in [2.45, 2.75) is 12.1 Å². The summed E-state index contributed by atoms with van der Waals surface area (Å²) in [6.07, 6.45) is 1.65. The Hall–Kier alpha value is -3.65. The molecular weight excluding hydrogens is 501 g/mol. The maximum Gasteiger partial charge on any atom is 0.240 e. The number of nitrogens with zero attached hydrogens (tertiary/aromatic N) is 3. The van der Waals surface area contributed by atoms with Gasteiger partial charge in [0.05, 0.1) is 29.8 Å². The molecule has 0 radical (unpaired) electrons. The molecule has 168 valence electrons. The molecule has 3 aliphatic rings. The van der Waals surface area contributed by atoms with E-state index in [0.717, 1.165) is 15.6 Å². The van der Waals surface area contributed by atoms with E-state index in [-0.39, 0.29) is 17.3 Å². The van der Waals surface area contributed by atoms with Crippen LogP contribution in [0.25, 0.3) is 0 Å². The third-order valence-electron chi connectivity index (χ3n) is 6.76. The Morgan fingerprint density at radius 3 is 2.41 bits per heavy atom. The van der Waals surface area contributed by atoms with Gasteiger partial charge in [0.15, 0.2) is 5.78 Å². The van der Waals surface area contributed by atoms with Crippen LogP contribution in [-0.4, -0.2) is 34.9 Å². The lowest BCUT2D eigenvalue weighted by Crippen LogP contribution is -2.44. The highest BCUT2D eigenvalue weighted by Crippen LogP contribution is 2.53. The molecular formula is C26H17BrFN3O3. The summed E-state index contributed by atoms with van der Waals surface area (Å²) >= 11 is 3.40. The van der Waals surface area contributed by atoms with Crippen LogP contribution in [0.4, 0.5) is 10.1 Å². The van der Waals surface area contributed by atoms with Gasteiger partial charge in [-0.1, -0.05) is 46.3 Å². The van der Waals surface area contributed by atoms with Crippen molar-refractivity contribution in [2.24, 2.45) is 16.9 Å². The van der Waals surface area contributed by atoms with Crippen molar-refractivity contribution in [3.05, 3.63) is 99.8 Å². The predicted octanol–water partition coefficient (Wildman–Crippen LogP) is 4.35. The second-order valence-electron chi connectivity index (χ2n) is 8.56. The summed E-state index contributed by atoms with van der Waals surface area (Å²) in [5.74, 6) is -3.32. The molecule has 0 saturated carbocycles. The van der Waals surface area contributed by atoms with E-state index in [1.165, 1.54) is 29.2 Å². The fraction of sp³-hybridized carbons (Fsp3) is 0.154. The summed E-state index contributed by atoms with van der Waals surface area (Å²) < 4.78 is 14.2. The molecule has 3 aliphatic heterocycles. The van der Waals surface area contributed by atoms with Crippen molar-refractivity contribution in [3.8, 4) is 0 Å². The molecule has 34 heavy (non-hydrogen) atoms. The Labute approximate surface area is 202 Å². The van der Waals surface area contributed by atoms with Crippen molar-refractivity contribution in [2.75, 3.05) is 4.90 Å². The predicted molar refractivity (Wildman–Crippen MR) is 127 cm³/mol. The van der Waals surface area contributed by atoms with Crippen LogP contribution in [0.3, 0.4) is 0 Å². The third kappa shape index (κ3) is 2.98. The maximum absolute atomic E-state index is 13.8. The van der Waals surface area contributed by atoms with E-state index in [4.69, 9.17) is 0 Å². The number of imide groups is 1. The monoisotopic (exact) mass is 517 g/mol. The van der Waals surface area contributed by atoms with Crippen LogP contribution >= 0.6 is 15.9 Å². The molecule has 0 N–H and O–H groups in total. The minimum atomic E-state index is -0.987. The minimum Gasteiger partial charge on any atom is -0.292 e. The Bertz CT molecular complexity index is 1390. The van der Waals surface area contributed by atoms with E-state index in [0.29, 0.717) is 5.69 Å². The van der Waals surface area contributed by atoms with Gasteiger partial charge in [0.25, 0.3) is 0 Å². The fourth-order valence-electron chi connectivity index (χ4n) is 5.32. The second-order valence-corrected chi connectivity index (χ2v) is 9.47. The van der Waals surface area contributed by atoms with Gasteiger partial charge in [0.1, 0.15) is 11.9 Å². The van der Waals surface area contributed by atoms with Gasteiger partial charge < -0.3 is 0 Å². The number of halogens is 2. The van der Waals surface area contributed by atoms with E-state index in [1.807, 2.05) is 30.3 Å². The van der Waals surface area contributed by atoms with Crippen LogP contribution in [-0.2, 0) is 9.59 Å². The van der Waals surface area contributed by atoms with Crippen molar-refractivity contribution < 1.29 is 18.8 Å². The topological polar surface area (TPSA) is 70.0 Å². The van der Waals surface area contributed by atoms with Crippen molar-refractivity contribution in [1.82, 2.24) is 5.01 Å². The average molecular weight is 518 g/mol.